The van der Waals surface area contributed by atoms with Crippen molar-refractivity contribution in [3.8, 4) is 0 Å². The molecule has 2 aromatic rings. The van der Waals surface area contributed by atoms with Gasteiger partial charge in [-0.15, -0.1) is 0 Å². The van der Waals surface area contributed by atoms with E-state index in [1.165, 1.54) is 7.11 Å². The maximum Gasteiger partial charge on any atom is 0.337 e. The molecule has 0 radical (unpaired) electrons. The van der Waals surface area contributed by atoms with E-state index in [0.29, 0.717) is 16.9 Å². The Morgan fingerprint density at radius 1 is 1.16 bits per heavy atom. The summed E-state index contributed by atoms with van der Waals surface area (Å²) in [6, 6.07) is 10.1. The third kappa shape index (κ3) is 5.04. The highest BCUT2D eigenvalue weighted by molar-refractivity contribution is 6.03. The van der Waals surface area contributed by atoms with Crippen LogP contribution >= 0.6 is 0 Å². The number of pyridine rings is 1. The molecule has 0 atom stereocenters. The number of carbonyl (C=O) groups is 2. The summed E-state index contributed by atoms with van der Waals surface area (Å²) in [5.41, 5.74) is 2.33. The van der Waals surface area contributed by atoms with E-state index < -0.39 is 5.97 Å². The van der Waals surface area contributed by atoms with Gasteiger partial charge in [-0.2, -0.15) is 0 Å². The molecule has 0 unspecified atom stereocenters. The van der Waals surface area contributed by atoms with Crippen molar-refractivity contribution in [2.45, 2.75) is 19.8 Å². The Labute approximate surface area is 147 Å². The zero-order chi connectivity index (χ0) is 18.2. The molecule has 6 nitrogen and oxygen atoms in total. The highest BCUT2D eigenvalue weighted by atomic mass is 16.5. The van der Waals surface area contributed by atoms with Gasteiger partial charge in [0, 0.05) is 19.3 Å². The smallest absolute Gasteiger partial charge is 0.337 e. The molecule has 0 saturated heterocycles. The summed E-state index contributed by atoms with van der Waals surface area (Å²) < 4.78 is 4.64. The van der Waals surface area contributed by atoms with Crippen LogP contribution in [0.5, 0.6) is 0 Å². The second-order valence-electron chi connectivity index (χ2n) is 5.70. The van der Waals surface area contributed by atoms with E-state index in [1.54, 1.807) is 36.5 Å². The molecule has 0 aliphatic carbocycles. The Morgan fingerprint density at radius 3 is 2.44 bits per heavy atom. The van der Waals surface area contributed by atoms with Crippen LogP contribution in [-0.2, 0) is 4.74 Å². The number of carbonyl (C=O) groups excluding carboxylic acids is 2. The molecule has 1 amide bonds. The first-order valence-corrected chi connectivity index (χ1v) is 8.22. The van der Waals surface area contributed by atoms with E-state index in [4.69, 9.17) is 0 Å². The van der Waals surface area contributed by atoms with Gasteiger partial charge in [0.2, 0.25) is 0 Å². The molecule has 1 aromatic heterocycles. The van der Waals surface area contributed by atoms with Crippen LogP contribution in [-0.4, -0.2) is 37.6 Å². The van der Waals surface area contributed by atoms with Crippen molar-refractivity contribution in [1.29, 1.82) is 0 Å². The minimum atomic E-state index is -0.415. The fraction of sp³-hybridized carbons (Fsp3) is 0.316. The third-order valence-electron chi connectivity index (χ3n) is 3.83. The molecule has 6 heteroatoms. The van der Waals surface area contributed by atoms with E-state index in [1.807, 2.05) is 13.1 Å². The van der Waals surface area contributed by atoms with Gasteiger partial charge in [-0.3, -0.25) is 4.79 Å². The lowest BCUT2D eigenvalue weighted by Gasteiger charge is -2.18. The van der Waals surface area contributed by atoms with Gasteiger partial charge in [-0.25, -0.2) is 9.78 Å². The van der Waals surface area contributed by atoms with Crippen molar-refractivity contribution in [2.24, 2.45) is 0 Å². The Bertz CT molecular complexity index is 712. The van der Waals surface area contributed by atoms with Crippen molar-refractivity contribution in [1.82, 2.24) is 4.98 Å². The Balaban J connectivity index is 1.99. The fourth-order valence-corrected chi connectivity index (χ4v) is 2.27. The van der Waals surface area contributed by atoms with Crippen molar-refractivity contribution in [3.05, 3.63) is 53.9 Å². The molecule has 0 saturated carbocycles. The predicted molar refractivity (Wildman–Crippen MR) is 98.1 cm³/mol. The molecule has 25 heavy (non-hydrogen) atoms. The molecular weight excluding hydrogens is 318 g/mol. The Kier molecular flexibility index (Phi) is 6.51. The summed E-state index contributed by atoms with van der Waals surface area (Å²) >= 11 is 0. The maximum atomic E-state index is 12.3. The number of amides is 1. The molecule has 1 aromatic carbocycles. The van der Waals surface area contributed by atoms with E-state index in [0.717, 1.165) is 25.1 Å². The predicted octanol–water partition coefficient (Wildman–Crippen LogP) is 3.36. The number of rotatable bonds is 7. The number of anilines is 2. The lowest BCUT2D eigenvalue weighted by molar-refractivity contribution is 0.0600. The van der Waals surface area contributed by atoms with Gasteiger partial charge < -0.3 is 15.0 Å². The minimum absolute atomic E-state index is 0.298. The SMILES string of the molecule is CCCCN(C)c1ccc(C(=O)Nc2ccc(C(=O)OC)cc2)nc1. The summed E-state index contributed by atoms with van der Waals surface area (Å²) in [6.45, 7) is 3.10. The van der Waals surface area contributed by atoms with Crippen molar-refractivity contribution in [2.75, 3.05) is 30.9 Å². The van der Waals surface area contributed by atoms with Crippen LogP contribution < -0.4 is 10.2 Å². The van der Waals surface area contributed by atoms with Gasteiger partial charge in [0.15, 0.2) is 0 Å². The molecule has 1 heterocycles. The second-order valence-corrected chi connectivity index (χ2v) is 5.70. The number of hydrogen-bond acceptors (Lipinski definition) is 5. The quantitative estimate of drug-likeness (QED) is 0.782. The standard InChI is InChI=1S/C19H23N3O3/c1-4-5-12-22(2)16-10-11-17(20-13-16)18(23)21-15-8-6-14(7-9-15)19(24)25-3/h6-11,13H,4-5,12H2,1-3H3,(H,21,23). The van der Waals surface area contributed by atoms with Gasteiger partial charge in [0.05, 0.1) is 24.6 Å². The number of nitrogens with one attached hydrogen (secondary N) is 1. The number of aromatic nitrogens is 1. The normalized spacial score (nSPS) is 10.2. The first kappa shape index (κ1) is 18.4. The topological polar surface area (TPSA) is 71.5 Å². The number of nitrogens with zero attached hydrogens (tertiary/aromatic N) is 2. The largest absolute Gasteiger partial charge is 0.465 e. The average Bonchev–Trinajstić information content (AvgIpc) is 2.66. The highest BCUT2D eigenvalue weighted by Crippen LogP contribution is 2.14. The van der Waals surface area contributed by atoms with E-state index in [9.17, 15) is 9.59 Å². The number of ether oxygens (including phenoxy) is 1. The zero-order valence-corrected chi connectivity index (χ0v) is 14.8. The fourth-order valence-electron chi connectivity index (χ4n) is 2.27. The third-order valence-corrected chi connectivity index (χ3v) is 3.83. The summed E-state index contributed by atoms with van der Waals surface area (Å²) in [5.74, 6) is -0.712. The minimum Gasteiger partial charge on any atom is -0.465 e. The molecule has 0 bridgehead atoms. The molecule has 0 aliphatic rings. The molecular formula is C19H23N3O3. The van der Waals surface area contributed by atoms with Gasteiger partial charge in [0.25, 0.3) is 5.91 Å². The Hall–Kier alpha value is -2.89. The van der Waals surface area contributed by atoms with Crippen LogP contribution in [0.25, 0.3) is 0 Å². The van der Waals surface area contributed by atoms with Crippen LogP contribution in [0.1, 0.15) is 40.6 Å². The molecule has 2 rings (SSSR count). The lowest BCUT2D eigenvalue weighted by Crippen LogP contribution is -2.19. The van der Waals surface area contributed by atoms with Crippen molar-refractivity contribution >= 4 is 23.3 Å². The summed E-state index contributed by atoms with van der Waals surface area (Å²) in [4.78, 5) is 30.0. The highest BCUT2D eigenvalue weighted by Gasteiger charge is 2.10. The number of esters is 1. The zero-order valence-electron chi connectivity index (χ0n) is 14.8. The first-order chi connectivity index (χ1) is 12.0. The summed E-state index contributed by atoms with van der Waals surface area (Å²) in [6.07, 6.45) is 3.94. The van der Waals surface area contributed by atoms with Crippen LogP contribution in [0, 0.1) is 0 Å². The molecule has 132 valence electrons. The van der Waals surface area contributed by atoms with Gasteiger partial charge in [-0.1, -0.05) is 13.3 Å². The van der Waals surface area contributed by atoms with Crippen molar-refractivity contribution in [3.63, 3.8) is 0 Å². The van der Waals surface area contributed by atoms with Crippen LogP contribution in [0.2, 0.25) is 0 Å². The van der Waals surface area contributed by atoms with Crippen molar-refractivity contribution < 1.29 is 14.3 Å². The number of methoxy groups -OCH3 is 1. The van der Waals surface area contributed by atoms with E-state index >= 15 is 0 Å². The number of hydrogen-bond donors (Lipinski definition) is 1. The van der Waals surface area contributed by atoms with E-state index in [2.05, 4.69) is 26.9 Å². The first-order valence-electron chi connectivity index (χ1n) is 8.22. The van der Waals surface area contributed by atoms with Gasteiger partial charge in [0.1, 0.15) is 5.69 Å². The van der Waals surface area contributed by atoms with Crippen LogP contribution in [0.4, 0.5) is 11.4 Å². The molecule has 1 N–H and O–H groups in total. The summed E-state index contributed by atoms with van der Waals surface area (Å²) in [5, 5.41) is 2.76. The monoisotopic (exact) mass is 341 g/mol. The van der Waals surface area contributed by atoms with Gasteiger partial charge in [-0.05, 0) is 42.8 Å². The van der Waals surface area contributed by atoms with E-state index in [-0.39, 0.29) is 5.91 Å². The molecule has 0 aliphatic heterocycles. The van der Waals surface area contributed by atoms with Crippen LogP contribution in [0.15, 0.2) is 42.6 Å². The number of benzene rings is 1. The second kappa shape index (κ2) is 8.82. The average molecular weight is 341 g/mol. The maximum absolute atomic E-state index is 12.3. The van der Waals surface area contributed by atoms with Gasteiger partial charge >= 0.3 is 5.97 Å². The van der Waals surface area contributed by atoms with Crippen LogP contribution in [0.3, 0.4) is 0 Å². The molecule has 0 spiro atoms. The lowest BCUT2D eigenvalue weighted by atomic mass is 10.2. The molecule has 0 fully saturated rings. The number of unbranched alkanes of at least 4 members (excludes halogenated alkanes) is 1. The Morgan fingerprint density at radius 2 is 1.88 bits per heavy atom. The summed E-state index contributed by atoms with van der Waals surface area (Å²) in [7, 11) is 3.34.